The maximum absolute atomic E-state index is 12.5. The van der Waals surface area contributed by atoms with Crippen molar-refractivity contribution in [1.29, 1.82) is 0 Å². The molecule has 0 spiro atoms. The van der Waals surface area contributed by atoms with Crippen LogP contribution in [0.15, 0.2) is 0 Å². The second-order valence-electron chi connectivity index (χ2n) is 16.8. The predicted octanol–water partition coefficient (Wildman–Crippen LogP) is 8.59. The molecule has 9 fully saturated rings. The molecule has 0 aromatic carbocycles. The van der Waals surface area contributed by atoms with Gasteiger partial charge < -0.3 is 5.11 Å². The average Bonchev–Trinajstić information content (AvgIpc) is 2.73. The molecule has 0 amide bonds. The van der Waals surface area contributed by atoms with Crippen molar-refractivity contribution in [2.75, 3.05) is 0 Å². The fourth-order valence-corrected chi connectivity index (χ4v) is 14.1. The number of hydrogen-bond donors (Lipinski definition) is 1. The molecule has 6 bridgehead atoms. The van der Waals surface area contributed by atoms with Crippen LogP contribution in [-0.2, 0) is 4.79 Å². The van der Waals surface area contributed by atoms with Crippen LogP contribution in [0.5, 0.6) is 0 Å². The fraction of sp³-hybridized carbons (Fsp3) is 0.969. The zero-order valence-corrected chi connectivity index (χ0v) is 23.7. The zero-order chi connectivity index (χ0) is 25.0. The quantitative estimate of drug-likeness (QED) is 0.448. The standard InChI is InChI=1S/C32H52O2/c1-25(2)20-10-13-28(7,23(25)16-20)32-18-22(27(32,5)6)12-15-30(32,9)29(8)14-11-21-17-31(29,19-24(33)34)26(21,3)4/h20-23H,10-19H2,1-9H3,(H,33,34). The van der Waals surface area contributed by atoms with Gasteiger partial charge in [-0.05, 0) is 125 Å². The van der Waals surface area contributed by atoms with Crippen molar-refractivity contribution in [3.8, 4) is 0 Å². The summed E-state index contributed by atoms with van der Waals surface area (Å²) in [5.74, 6) is 2.74. The van der Waals surface area contributed by atoms with Crippen LogP contribution < -0.4 is 0 Å². The Hall–Kier alpha value is -0.530. The van der Waals surface area contributed by atoms with Gasteiger partial charge in [-0.1, -0.05) is 62.3 Å². The molecular formula is C32H52O2. The van der Waals surface area contributed by atoms with Crippen molar-refractivity contribution in [3.05, 3.63) is 0 Å². The summed E-state index contributed by atoms with van der Waals surface area (Å²) in [4.78, 5) is 12.5. The minimum absolute atomic E-state index is 0.0717. The number of carboxylic acid groups (broad SMARTS) is 1. The van der Waals surface area contributed by atoms with Gasteiger partial charge in [-0.3, -0.25) is 4.79 Å². The largest absolute Gasteiger partial charge is 0.481 e. The molecule has 34 heavy (non-hydrogen) atoms. The first-order chi connectivity index (χ1) is 15.5. The van der Waals surface area contributed by atoms with Gasteiger partial charge in [-0.15, -0.1) is 0 Å². The van der Waals surface area contributed by atoms with Crippen molar-refractivity contribution in [2.45, 2.75) is 127 Å². The molecule has 9 saturated carbocycles. The molecule has 2 heteroatoms. The third-order valence-corrected chi connectivity index (χ3v) is 16.4. The van der Waals surface area contributed by atoms with E-state index in [1.54, 1.807) is 0 Å². The normalized spacial score (nSPS) is 57.6. The summed E-state index contributed by atoms with van der Waals surface area (Å²) in [6, 6.07) is 0. The maximum Gasteiger partial charge on any atom is 0.303 e. The Balaban J connectivity index is 1.56. The first-order valence-electron chi connectivity index (χ1n) is 14.7. The Bertz CT molecular complexity index is 943. The number of rotatable bonds is 4. The van der Waals surface area contributed by atoms with Crippen molar-refractivity contribution in [2.24, 2.45) is 67.0 Å². The van der Waals surface area contributed by atoms with Gasteiger partial charge in [0.1, 0.15) is 0 Å². The lowest BCUT2D eigenvalue weighted by Gasteiger charge is -2.88. The van der Waals surface area contributed by atoms with Crippen LogP contribution in [0, 0.1) is 67.0 Å². The van der Waals surface area contributed by atoms with Gasteiger partial charge in [-0.2, -0.15) is 0 Å². The lowest BCUT2D eigenvalue weighted by atomic mass is 9.16. The molecule has 9 aliphatic carbocycles. The van der Waals surface area contributed by atoms with Crippen LogP contribution in [0.25, 0.3) is 0 Å². The van der Waals surface area contributed by atoms with E-state index in [9.17, 15) is 9.90 Å². The summed E-state index contributed by atoms with van der Waals surface area (Å²) >= 11 is 0. The van der Waals surface area contributed by atoms with E-state index < -0.39 is 5.97 Å². The van der Waals surface area contributed by atoms with Crippen molar-refractivity contribution < 1.29 is 9.90 Å². The third kappa shape index (κ3) is 2.01. The Morgan fingerprint density at radius 3 is 1.79 bits per heavy atom. The molecule has 9 aliphatic rings. The summed E-state index contributed by atoms with van der Waals surface area (Å²) in [7, 11) is 0. The monoisotopic (exact) mass is 468 g/mol. The molecule has 0 aromatic heterocycles. The molecule has 0 radical (unpaired) electrons. The highest BCUT2D eigenvalue weighted by molar-refractivity contribution is 5.68. The smallest absolute Gasteiger partial charge is 0.303 e. The summed E-state index contributed by atoms with van der Waals surface area (Å²) in [6.07, 6.45) is 12.3. The van der Waals surface area contributed by atoms with Gasteiger partial charge in [0.2, 0.25) is 0 Å². The Kier molecular flexibility index (Phi) is 4.29. The second-order valence-corrected chi connectivity index (χ2v) is 16.8. The lowest BCUT2D eigenvalue weighted by molar-refractivity contribution is -0.403. The van der Waals surface area contributed by atoms with Crippen LogP contribution in [-0.4, -0.2) is 11.1 Å². The van der Waals surface area contributed by atoms with E-state index in [4.69, 9.17) is 0 Å². The van der Waals surface area contributed by atoms with Gasteiger partial charge in [-0.25, -0.2) is 0 Å². The van der Waals surface area contributed by atoms with E-state index in [0.717, 1.165) is 24.2 Å². The maximum atomic E-state index is 12.5. The van der Waals surface area contributed by atoms with Crippen molar-refractivity contribution in [1.82, 2.24) is 0 Å². The van der Waals surface area contributed by atoms with Gasteiger partial charge in [0.25, 0.3) is 0 Å². The topological polar surface area (TPSA) is 37.3 Å². The Labute approximate surface area is 209 Å². The number of hydrogen-bond acceptors (Lipinski definition) is 1. The highest BCUT2D eigenvalue weighted by Crippen LogP contribution is 2.91. The second kappa shape index (κ2) is 6.12. The first kappa shape index (κ1) is 23.8. The summed E-state index contributed by atoms with van der Waals surface area (Å²) in [5, 5.41) is 10.3. The molecule has 192 valence electrons. The summed E-state index contributed by atoms with van der Waals surface area (Å²) in [6.45, 7) is 23.4. The number of aliphatic carboxylic acids is 1. The van der Waals surface area contributed by atoms with E-state index in [0.29, 0.717) is 34.0 Å². The molecule has 0 aliphatic heterocycles. The molecule has 1 N–H and O–H groups in total. The van der Waals surface area contributed by atoms with Crippen LogP contribution in [0.2, 0.25) is 0 Å². The van der Waals surface area contributed by atoms with Gasteiger partial charge >= 0.3 is 5.97 Å². The first-order valence-corrected chi connectivity index (χ1v) is 14.7. The molecule has 9 rings (SSSR count). The molecular weight excluding hydrogens is 416 g/mol. The van der Waals surface area contributed by atoms with Crippen molar-refractivity contribution >= 4 is 5.97 Å². The van der Waals surface area contributed by atoms with Crippen molar-refractivity contribution in [3.63, 3.8) is 0 Å². The molecule has 0 aromatic rings. The van der Waals surface area contributed by atoms with Gasteiger partial charge in [0, 0.05) is 0 Å². The molecule has 0 heterocycles. The highest BCUT2D eigenvalue weighted by Gasteiger charge is 2.85. The third-order valence-electron chi connectivity index (χ3n) is 16.4. The highest BCUT2D eigenvalue weighted by atomic mass is 16.4. The number of fused-ring (bicyclic) bond motifs is 7. The number of carboxylic acids is 1. The van der Waals surface area contributed by atoms with Gasteiger partial charge in [0.15, 0.2) is 0 Å². The van der Waals surface area contributed by atoms with Crippen LogP contribution in [0.3, 0.4) is 0 Å². The van der Waals surface area contributed by atoms with Crippen LogP contribution >= 0.6 is 0 Å². The minimum Gasteiger partial charge on any atom is -0.481 e. The fourth-order valence-electron chi connectivity index (χ4n) is 14.1. The van der Waals surface area contributed by atoms with E-state index in [2.05, 4.69) is 62.3 Å². The van der Waals surface area contributed by atoms with E-state index in [-0.39, 0.29) is 21.7 Å². The molecule has 2 nitrogen and oxygen atoms in total. The zero-order valence-electron chi connectivity index (χ0n) is 23.7. The summed E-state index contributed by atoms with van der Waals surface area (Å²) in [5.41, 5.74) is 1.79. The molecule has 9 atom stereocenters. The van der Waals surface area contributed by atoms with Crippen LogP contribution in [0.1, 0.15) is 127 Å². The average molecular weight is 469 g/mol. The van der Waals surface area contributed by atoms with E-state index in [1.807, 2.05) is 0 Å². The Morgan fingerprint density at radius 1 is 0.735 bits per heavy atom. The summed E-state index contributed by atoms with van der Waals surface area (Å²) < 4.78 is 0. The van der Waals surface area contributed by atoms with E-state index >= 15 is 0 Å². The predicted molar refractivity (Wildman–Crippen MR) is 138 cm³/mol. The minimum atomic E-state index is -0.564. The van der Waals surface area contributed by atoms with Crippen LogP contribution in [0.4, 0.5) is 0 Å². The molecule has 0 saturated heterocycles. The SMILES string of the molecule is CC1(C)C2CCC(C)(C34CC(CCC3(C)C3(C)CCC5CC3(CC(=O)O)C5(C)C)C4(C)C)C1C2. The number of carbonyl (C=O) groups is 1. The van der Waals surface area contributed by atoms with E-state index in [1.165, 1.54) is 51.4 Å². The van der Waals surface area contributed by atoms with Gasteiger partial charge in [0.05, 0.1) is 6.42 Å². The Morgan fingerprint density at radius 2 is 1.29 bits per heavy atom. The lowest BCUT2D eigenvalue weighted by Crippen LogP contribution is -2.82. The molecule has 9 unspecified atom stereocenters.